The first-order valence-corrected chi connectivity index (χ1v) is 11.7. The van der Waals surface area contributed by atoms with Crippen LogP contribution in [0.1, 0.15) is 55.6 Å². The minimum absolute atomic E-state index is 0.167. The monoisotopic (exact) mass is 461 g/mol. The Balaban J connectivity index is 1.68. The molecule has 0 unspecified atom stereocenters. The zero-order valence-corrected chi connectivity index (χ0v) is 19.9. The van der Waals surface area contributed by atoms with Gasteiger partial charge in [-0.15, -0.1) is 0 Å². The van der Waals surface area contributed by atoms with Gasteiger partial charge < -0.3 is 20.6 Å². The summed E-state index contributed by atoms with van der Waals surface area (Å²) in [5.74, 6) is 6.30. The Morgan fingerprint density at radius 2 is 2.09 bits per heavy atom. The Labute approximate surface area is 200 Å². The number of rotatable bonds is 5. The molecule has 0 saturated carbocycles. The quantitative estimate of drug-likeness (QED) is 0.660. The average Bonchev–Trinajstić information content (AvgIpc) is 3.37. The SMILES string of the molecule is CC(C)C[C@@H]1CCCN1c1cc(C(N)=O)nc(-c2cccc(C#C[C@]3(O)CCN(C)C3=O)c2)n1. The minimum atomic E-state index is -1.67. The Kier molecular flexibility index (Phi) is 6.58. The number of primary amides is 1. The summed E-state index contributed by atoms with van der Waals surface area (Å²) in [4.78, 5) is 37.2. The second-order valence-corrected chi connectivity index (χ2v) is 9.59. The number of carbonyl (C=O) groups is 2. The van der Waals surface area contributed by atoms with E-state index >= 15 is 0 Å². The number of aromatic nitrogens is 2. The summed E-state index contributed by atoms with van der Waals surface area (Å²) in [7, 11) is 1.65. The van der Waals surface area contributed by atoms with Crippen LogP contribution in [0.4, 0.5) is 5.82 Å². The van der Waals surface area contributed by atoms with E-state index < -0.39 is 11.5 Å². The topological polar surface area (TPSA) is 113 Å². The molecule has 2 saturated heterocycles. The van der Waals surface area contributed by atoms with Gasteiger partial charge in [-0.05, 0) is 37.3 Å². The number of aliphatic hydroxyl groups is 1. The van der Waals surface area contributed by atoms with Gasteiger partial charge in [0.2, 0.25) is 5.60 Å². The number of carbonyl (C=O) groups excluding carboxylic acids is 2. The molecule has 178 valence electrons. The Morgan fingerprint density at radius 1 is 1.29 bits per heavy atom. The highest BCUT2D eigenvalue weighted by Gasteiger charge is 2.42. The maximum atomic E-state index is 12.2. The van der Waals surface area contributed by atoms with Crippen molar-refractivity contribution in [2.75, 3.05) is 25.0 Å². The molecule has 2 aliphatic heterocycles. The molecule has 2 amide bonds. The van der Waals surface area contributed by atoms with Gasteiger partial charge in [-0.1, -0.05) is 37.8 Å². The first-order valence-electron chi connectivity index (χ1n) is 11.7. The van der Waals surface area contributed by atoms with E-state index in [4.69, 9.17) is 10.7 Å². The molecular weight excluding hydrogens is 430 g/mol. The summed E-state index contributed by atoms with van der Waals surface area (Å²) in [6.45, 7) is 5.75. The molecule has 0 aliphatic carbocycles. The van der Waals surface area contributed by atoms with E-state index in [1.54, 1.807) is 25.2 Å². The molecular formula is C26H31N5O3. The molecule has 8 nitrogen and oxygen atoms in total. The molecule has 2 aromatic rings. The lowest BCUT2D eigenvalue weighted by atomic mass is 10.0. The standard InChI is InChI=1S/C26H31N5O3/c1-17(2)14-20-8-5-12-31(20)22-16-21(23(27)32)28-24(29-22)19-7-4-6-18(15-19)9-10-26(34)11-13-30(3)25(26)33/h4,6-7,15-17,20,34H,5,8,11-14H2,1-3H3,(H2,27,32)/t20-,26-/m0/s1. The largest absolute Gasteiger partial charge is 0.369 e. The first kappa shape index (κ1) is 23.7. The highest BCUT2D eigenvalue weighted by atomic mass is 16.3. The maximum Gasteiger partial charge on any atom is 0.267 e. The predicted octanol–water partition coefficient (Wildman–Crippen LogP) is 2.20. The van der Waals surface area contributed by atoms with E-state index in [1.807, 2.05) is 12.1 Å². The van der Waals surface area contributed by atoms with E-state index in [1.165, 1.54) is 4.90 Å². The molecule has 2 fully saturated rings. The Hall–Kier alpha value is -3.44. The lowest BCUT2D eigenvalue weighted by Crippen LogP contribution is -2.37. The lowest BCUT2D eigenvalue weighted by Gasteiger charge is -2.27. The average molecular weight is 462 g/mol. The van der Waals surface area contributed by atoms with E-state index in [0.717, 1.165) is 25.8 Å². The third-order valence-electron chi connectivity index (χ3n) is 6.42. The number of hydrogen-bond donors (Lipinski definition) is 2. The summed E-state index contributed by atoms with van der Waals surface area (Å²) >= 11 is 0. The smallest absolute Gasteiger partial charge is 0.267 e. The van der Waals surface area contributed by atoms with Crippen molar-refractivity contribution in [1.29, 1.82) is 0 Å². The molecule has 1 aromatic carbocycles. The summed E-state index contributed by atoms with van der Waals surface area (Å²) < 4.78 is 0. The van der Waals surface area contributed by atoms with Crippen molar-refractivity contribution in [2.24, 2.45) is 11.7 Å². The van der Waals surface area contributed by atoms with E-state index in [0.29, 0.717) is 41.3 Å². The molecule has 1 aromatic heterocycles. The number of benzene rings is 1. The van der Waals surface area contributed by atoms with Crippen LogP contribution in [-0.2, 0) is 4.79 Å². The van der Waals surface area contributed by atoms with Crippen LogP contribution in [0.15, 0.2) is 30.3 Å². The van der Waals surface area contributed by atoms with Gasteiger partial charge in [0.15, 0.2) is 5.82 Å². The number of hydrogen-bond acceptors (Lipinski definition) is 6. The van der Waals surface area contributed by atoms with Gasteiger partial charge in [0, 0.05) is 49.8 Å². The Bertz CT molecular complexity index is 1170. The fraction of sp³-hybridized carbons (Fsp3) is 0.462. The van der Waals surface area contributed by atoms with Crippen LogP contribution in [0.3, 0.4) is 0 Å². The third kappa shape index (κ3) is 4.90. The molecule has 34 heavy (non-hydrogen) atoms. The highest BCUT2D eigenvalue weighted by molar-refractivity contribution is 5.92. The lowest BCUT2D eigenvalue weighted by molar-refractivity contribution is -0.137. The number of nitrogens with zero attached hydrogens (tertiary/aromatic N) is 4. The minimum Gasteiger partial charge on any atom is -0.369 e. The second kappa shape index (κ2) is 9.43. The van der Waals surface area contributed by atoms with E-state index in [-0.39, 0.29) is 18.0 Å². The van der Waals surface area contributed by atoms with Crippen molar-refractivity contribution in [2.45, 2.75) is 51.2 Å². The van der Waals surface area contributed by atoms with Crippen molar-refractivity contribution >= 4 is 17.6 Å². The molecule has 2 aliphatic rings. The van der Waals surface area contributed by atoms with Crippen LogP contribution in [0.25, 0.3) is 11.4 Å². The van der Waals surface area contributed by atoms with Crippen molar-refractivity contribution in [1.82, 2.24) is 14.9 Å². The van der Waals surface area contributed by atoms with E-state index in [9.17, 15) is 14.7 Å². The van der Waals surface area contributed by atoms with Crippen molar-refractivity contribution in [3.63, 3.8) is 0 Å². The number of amides is 2. The van der Waals surface area contributed by atoms with Crippen LogP contribution >= 0.6 is 0 Å². The van der Waals surface area contributed by atoms with Crippen molar-refractivity contribution in [3.05, 3.63) is 41.6 Å². The van der Waals surface area contributed by atoms with Crippen LogP contribution in [0, 0.1) is 17.8 Å². The van der Waals surface area contributed by atoms with Gasteiger partial charge >= 0.3 is 0 Å². The number of likely N-dealkylation sites (tertiary alicyclic amines) is 1. The molecule has 8 heteroatoms. The maximum absolute atomic E-state index is 12.2. The summed E-state index contributed by atoms with van der Waals surface area (Å²) in [5.41, 5.74) is 5.39. The molecule has 3 heterocycles. The molecule has 3 N–H and O–H groups in total. The predicted molar refractivity (Wildman–Crippen MR) is 130 cm³/mol. The first-order chi connectivity index (χ1) is 16.2. The van der Waals surface area contributed by atoms with Gasteiger partial charge in [-0.25, -0.2) is 9.97 Å². The molecule has 0 bridgehead atoms. The van der Waals surface area contributed by atoms with Gasteiger partial charge in [0.25, 0.3) is 11.8 Å². The zero-order chi connectivity index (χ0) is 24.5. The van der Waals surface area contributed by atoms with Gasteiger partial charge in [-0.3, -0.25) is 9.59 Å². The normalized spacial score (nSPS) is 22.3. The second-order valence-electron chi connectivity index (χ2n) is 9.59. The number of nitrogens with two attached hydrogens (primary N) is 1. The molecule has 0 radical (unpaired) electrons. The fourth-order valence-corrected chi connectivity index (χ4v) is 4.64. The Morgan fingerprint density at radius 3 is 2.76 bits per heavy atom. The summed E-state index contributed by atoms with van der Waals surface area (Å²) in [6, 6.07) is 9.27. The van der Waals surface area contributed by atoms with Crippen LogP contribution < -0.4 is 10.6 Å². The molecule has 4 rings (SSSR count). The highest BCUT2D eigenvalue weighted by Crippen LogP contribution is 2.30. The molecule has 2 atom stereocenters. The number of likely N-dealkylation sites (N-methyl/N-ethyl adjacent to an activating group) is 1. The zero-order valence-electron chi connectivity index (χ0n) is 19.9. The van der Waals surface area contributed by atoms with Gasteiger partial charge in [0.05, 0.1) is 0 Å². The molecule has 0 spiro atoms. The van der Waals surface area contributed by atoms with Crippen molar-refractivity contribution in [3.8, 4) is 23.2 Å². The van der Waals surface area contributed by atoms with Crippen molar-refractivity contribution < 1.29 is 14.7 Å². The number of anilines is 1. The van der Waals surface area contributed by atoms with E-state index in [2.05, 4.69) is 35.6 Å². The van der Waals surface area contributed by atoms with Crippen LogP contribution in [-0.4, -0.2) is 63.6 Å². The van der Waals surface area contributed by atoms with Gasteiger partial charge in [0.1, 0.15) is 11.5 Å². The van der Waals surface area contributed by atoms with Crippen LogP contribution in [0.5, 0.6) is 0 Å². The third-order valence-corrected chi connectivity index (χ3v) is 6.42. The summed E-state index contributed by atoms with van der Waals surface area (Å²) in [6.07, 6.45) is 3.48. The van der Waals surface area contributed by atoms with Gasteiger partial charge in [-0.2, -0.15) is 0 Å². The van der Waals surface area contributed by atoms with Crippen LogP contribution in [0.2, 0.25) is 0 Å². The fourth-order valence-electron chi connectivity index (χ4n) is 4.64. The summed E-state index contributed by atoms with van der Waals surface area (Å²) in [5, 5.41) is 10.6.